The van der Waals surface area contributed by atoms with Gasteiger partial charge in [-0.1, -0.05) is 6.07 Å². The number of ether oxygens (including phenoxy) is 1. The third-order valence-electron chi connectivity index (χ3n) is 3.09. The molecule has 3 aromatic rings. The zero-order valence-corrected chi connectivity index (χ0v) is 12.1. The van der Waals surface area contributed by atoms with E-state index < -0.39 is 12.1 Å². The quantitative estimate of drug-likeness (QED) is 0.795. The molecule has 3 rings (SSSR count). The van der Waals surface area contributed by atoms with Gasteiger partial charge in [-0.25, -0.2) is 9.97 Å². The second-order valence-electron chi connectivity index (χ2n) is 4.82. The minimum absolute atomic E-state index is 0.0657. The smallest absolute Gasteiger partial charge is 0.404 e. The second kappa shape index (κ2) is 6.19. The SMILES string of the molecule is O=C(Cc1cccc2nccn12)Nc1ccc(OC(F)(F)F)cn1. The van der Waals surface area contributed by atoms with E-state index in [4.69, 9.17) is 0 Å². The van der Waals surface area contributed by atoms with Crippen LogP contribution in [-0.4, -0.2) is 26.6 Å². The Morgan fingerprint density at radius 1 is 1.21 bits per heavy atom. The van der Waals surface area contributed by atoms with Gasteiger partial charge in [0.1, 0.15) is 17.2 Å². The van der Waals surface area contributed by atoms with Crippen molar-refractivity contribution < 1.29 is 22.7 Å². The summed E-state index contributed by atoms with van der Waals surface area (Å²) in [6, 6.07) is 7.68. The highest BCUT2D eigenvalue weighted by molar-refractivity contribution is 5.91. The van der Waals surface area contributed by atoms with Gasteiger partial charge in [0.25, 0.3) is 0 Å². The lowest BCUT2D eigenvalue weighted by atomic mass is 10.2. The number of anilines is 1. The molecule has 0 aliphatic carbocycles. The molecular formula is C15H11F3N4O2. The fraction of sp³-hybridized carbons (Fsp3) is 0.133. The molecule has 124 valence electrons. The minimum Gasteiger partial charge on any atom is -0.404 e. The molecule has 0 spiro atoms. The number of nitrogens with zero attached hydrogens (tertiary/aromatic N) is 3. The molecule has 0 radical (unpaired) electrons. The minimum atomic E-state index is -4.78. The van der Waals surface area contributed by atoms with Crippen LogP contribution in [0.25, 0.3) is 5.65 Å². The molecule has 1 amide bonds. The van der Waals surface area contributed by atoms with Crippen LogP contribution in [0.4, 0.5) is 19.0 Å². The van der Waals surface area contributed by atoms with Crippen molar-refractivity contribution in [2.24, 2.45) is 0 Å². The molecule has 0 saturated carbocycles. The third kappa shape index (κ3) is 3.80. The number of rotatable bonds is 4. The van der Waals surface area contributed by atoms with Gasteiger partial charge in [-0.15, -0.1) is 13.2 Å². The zero-order valence-electron chi connectivity index (χ0n) is 12.1. The molecule has 3 heterocycles. The van der Waals surface area contributed by atoms with Crippen LogP contribution in [0.1, 0.15) is 5.69 Å². The Hall–Kier alpha value is -3.10. The summed E-state index contributed by atoms with van der Waals surface area (Å²) in [7, 11) is 0. The maximum Gasteiger partial charge on any atom is 0.573 e. The number of amides is 1. The van der Waals surface area contributed by atoms with Crippen molar-refractivity contribution in [1.29, 1.82) is 0 Å². The summed E-state index contributed by atoms with van der Waals surface area (Å²) in [5.41, 5.74) is 1.44. The van der Waals surface area contributed by atoms with Gasteiger partial charge in [0, 0.05) is 18.1 Å². The van der Waals surface area contributed by atoms with E-state index in [1.165, 1.54) is 6.07 Å². The van der Waals surface area contributed by atoms with Crippen molar-refractivity contribution in [1.82, 2.24) is 14.4 Å². The van der Waals surface area contributed by atoms with Gasteiger partial charge >= 0.3 is 6.36 Å². The first-order valence-corrected chi connectivity index (χ1v) is 6.83. The van der Waals surface area contributed by atoms with Gasteiger partial charge in [0.15, 0.2) is 0 Å². The van der Waals surface area contributed by atoms with Crippen LogP contribution in [0.5, 0.6) is 5.75 Å². The van der Waals surface area contributed by atoms with E-state index in [1.54, 1.807) is 28.9 Å². The predicted octanol–water partition coefficient (Wildman–Crippen LogP) is 2.81. The van der Waals surface area contributed by atoms with Crippen LogP contribution in [0.3, 0.4) is 0 Å². The van der Waals surface area contributed by atoms with E-state index in [2.05, 4.69) is 20.0 Å². The molecule has 0 atom stereocenters. The number of carbonyl (C=O) groups is 1. The maximum atomic E-state index is 12.1. The normalized spacial score (nSPS) is 11.5. The molecular weight excluding hydrogens is 325 g/mol. The van der Waals surface area contributed by atoms with E-state index in [0.29, 0.717) is 5.65 Å². The monoisotopic (exact) mass is 336 g/mol. The van der Waals surface area contributed by atoms with Crippen molar-refractivity contribution in [2.45, 2.75) is 12.8 Å². The fourth-order valence-corrected chi connectivity index (χ4v) is 2.15. The first kappa shape index (κ1) is 15.8. The molecule has 24 heavy (non-hydrogen) atoms. The summed E-state index contributed by atoms with van der Waals surface area (Å²) in [6.45, 7) is 0. The first-order valence-electron chi connectivity index (χ1n) is 6.83. The number of alkyl halides is 3. The number of aromatic nitrogens is 3. The van der Waals surface area contributed by atoms with Gasteiger partial charge in [0.2, 0.25) is 5.91 Å². The van der Waals surface area contributed by atoms with E-state index in [0.717, 1.165) is 18.0 Å². The van der Waals surface area contributed by atoms with Crippen LogP contribution < -0.4 is 10.1 Å². The number of hydrogen-bond acceptors (Lipinski definition) is 4. The zero-order chi connectivity index (χ0) is 17.2. The standard InChI is InChI=1S/C15H11F3N4O2/c16-15(17,18)24-11-4-5-12(20-9-11)21-14(23)8-10-2-1-3-13-19-6-7-22(10)13/h1-7,9H,8H2,(H,20,21,23). The number of halogens is 3. The highest BCUT2D eigenvalue weighted by Crippen LogP contribution is 2.22. The molecule has 0 saturated heterocycles. The van der Waals surface area contributed by atoms with Crippen LogP contribution in [0, 0.1) is 0 Å². The van der Waals surface area contributed by atoms with Crippen LogP contribution in [0.15, 0.2) is 48.9 Å². The number of pyridine rings is 2. The highest BCUT2D eigenvalue weighted by Gasteiger charge is 2.31. The van der Waals surface area contributed by atoms with Crippen molar-refractivity contribution in [3.05, 3.63) is 54.6 Å². The van der Waals surface area contributed by atoms with Gasteiger partial charge in [0.05, 0.1) is 12.6 Å². The Labute approximate surface area is 133 Å². The lowest BCUT2D eigenvalue weighted by Crippen LogP contribution is -2.18. The average molecular weight is 336 g/mol. The van der Waals surface area contributed by atoms with Crippen LogP contribution in [-0.2, 0) is 11.2 Å². The molecule has 6 nitrogen and oxygen atoms in total. The molecule has 0 unspecified atom stereocenters. The summed E-state index contributed by atoms with van der Waals surface area (Å²) in [6.07, 6.45) is -0.469. The second-order valence-corrected chi connectivity index (χ2v) is 4.82. The lowest BCUT2D eigenvalue weighted by molar-refractivity contribution is -0.274. The molecule has 1 N–H and O–H groups in total. The molecule has 9 heteroatoms. The molecule has 0 bridgehead atoms. The van der Waals surface area contributed by atoms with E-state index in [9.17, 15) is 18.0 Å². The Morgan fingerprint density at radius 2 is 2.04 bits per heavy atom. The predicted molar refractivity (Wildman–Crippen MR) is 78.4 cm³/mol. The summed E-state index contributed by atoms with van der Waals surface area (Å²) in [5, 5.41) is 2.52. The molecule has 3 aromatic heterocycles. The summed E-state index contributed by atoms with van der Waals surface area (Å²) < 4.78 is 41.7. The van der Waals surface area contributed by atoms with E-state index in [-0.39, 0.29) is 18.1 Å². The molecule has 0 fully saturated rings. The Bertz CT molecular complexity index is 859. The van der Waals surface area contributed by atoms with E-state index >= 15 is 0 Å². The number of imidazole rings is 1. The van der Waals surface area contributed by atoms with Crippen LogP contribution in [0.2, 0.25) is 0 Å². The largest absolute Gasteiger partial charge is 0.573 e. The number of hydrogen-bond donors (Lipinski definition) is 1. The molecule has 0 aliphatic rings. The lowest BCUT2D eigenvalue weighted by Gasteiger charge is -2.09. The third-order valence-corrected chi connectivity index (χ3v) is 3.09. The molecule has 0 aliphatic heterocycles. The van der Waals surface area contributed by atoms with Crippen molar-refractivity contribution in [3.8, 4) is 5.75 Å². The molecule has 0 aromatic carbocycles. The van der Waals surface area contributed by atoms with Crippen molar-refractivity contribution in [2.75, 3.05) is 5.32 Å². The van der Waals surface area contributed by atoms with Crippen molar-refractivity contribution in [3.63, 3.8) is 0 Å². The highest BCUT2D eigenvalue weighted by atomic mass is 19.4. The Balaban J connectivity index is 1.66. The van der Waals surface area contributed by atoms with Gasteiger partial charge < -0.3 is 14.5 Å². The summed E-state index contributed by atoms with van der Waals surface area (Å²) in [5.74, 6) is -0.677. The Morgan fingerprint density at radius 3 is 2.75 bits per heavy atom. The van der Waals surface area contributed by atoms with Crippen LogP contribution >= 0.6 is 0 Å². The number of fused-ring (bicyclic) bond motifs is 1. The topological polar surface area (TPSA) is 68.5 Å². The van der Waals surface area contributed by atoms with Crippen molar-refractivity contribution >= 4 is 17.4 Å². The van der Waals surface area contributed by atoms with E-state index in [1.807, 2.05) is 6.07 Å². The maximum absolute atomic E-state index is 12.1. The first-order chi connectivity index (χ1) is 11.4. The van der Waals surface area contributed by atoms with Gasteiger partial charge in [-0.3, -0.25) is 4.79 Å². The average Bonchev–Trinajstić information content (AvgIpc) is 2.97. The number of carbonyl (C=O) groups excluding carboxylic acids is 1. The Kier molecular flexibility index (Phi) is 4.07. The van der Waals surface area contributed by atoms with Gasteiger partial charge in [-0.05, 0) is 24.3 Å². The van der Waals surface area contributed by atoms with Gasteiger partial charge in [-0.2, -0.15) is 0 Å². The number of nitrogens with one attached hydrogen (secondary N) is 1. The fourth-order valence-electron chi connectivity index (χ4n) is 2.15. The summed E-state index contributed by atoms with van der Waals surface area (Å²) in [4.78, 5) is 19.9. The summed E-state index contributed by atoms with van der Waals surface area (Å²) >= 11 is 0.